The first kappa shape index (κ1) is 19.4. The molecular formula is C20H25N3O3S. The third kappa shape index (κ3) is 6.08. The first-order valence-electron chi connectivity index (χ1n) is 8.96. The van der Waals surface area contributed by atoms with Gasteiger partial charge >= 0.3 is 6.03 Å². The smallest absolute Gasteiger partial charge is 0.317 e. The van der Waals surface area contributed by atoms with E-state index in [1.54, 1.807) is 36.2 Å². The molecule has 3 rings (SSSR count). The summed E-state index contributed by atoms with van der Waals surface area (Å²) in [5.41, 5.74) is 4.00. The van der Waals surface area contributed by atoms with Gasteiger partial charge in [0.15, 0.2) is 0 Å². The van der Waals surface area contributed by atoms with Gasteiger partial charge in [0, 0.05) is 20.1 Å². The van der Waals surface area contributed by atoms with Crippen molar-refractivity contribution in [3.8, 4) is 0 Å². The van der Waals surface area contributed by atoms with Crippen molar-refractivity contribution in [2.24, 2.45) is 5.14 Å². The van der Waals surface area contributed by atoms with Crippen LogP contribution in [0, 0.1) is 0 Å². The second kappa shape index (κ2) is 8.10. The Kier molecular flexibility index (Phi) is 5.82. The van der Waals surface area contributed by atoms with Gasteiger partial charge in [-0.05, 0) is 41.0 Å². The first-order valence-corrected chi connectivity index (χ1v) is 10.7. The number of carbonyl (C=O) groups is 1. The van der Waals surface area contributed by atoms with Crippen LogP contribution in [0.3, 0.4) is 0 Å². The van der Waals surface area contributed by atoms with Crippen LogP contribution in [0.25, 0.3) is 0 Å². The zero-order chi connectivity index (χ0) is 19.4. The molecule has 0 aromatic heterocycles. The lowest BCUT2D eigenvalue weighted by atomic mass is 10.1. The van der Waals surface area contributed by atoms with Crippen molar-refractivity contribution >= 4 is 16.1 Å². The lowest BCUT2D eigenvalue weighted by molar-refractivity contribution is 0.206. The first-order chi connectivity index (χ1) is 12.8. The molecule has 0 bridgehead atoms. The number of benzene rings is 2. The fourth-order valence-corrected chi connectivity index (χ4v) is 3.61. The normalized spacial score (nSPS) is 14.0. The SMILES string of the molecule is CN(Cc1ccc(C2CC2)cc1)C(=O)NCc1ccc(CS(N)(=O)=O)cc1. The van der Waals surface area contributed by atoms with E-state index in [4.69, 9.17) is 5.14 Å². The molecule has 0 spiro atoms. The van der Waals surface area contributed by atoms with Crippen LogP contribution >= 0.6 is 0 Å². The van der Waals surface area contributed by atoms with Gasteiger partial charge in [-0.15, -0.1) is 0 Å². The molecule has 1 fully saturated rings. The number of nitrogens with zero attached hydrogens (tertiary/aromatic N) is 1. The number of rotatable bonds is 7. The highest BCUT2D eigenvalue weighted by Gasteiger charge is 2.23. The second-order valence-electron chi connectivity index (χ2n) is 7.15. The summed E-state index contributed by atoms with van der Waals surface area (Å²) in [5, 5.41) is 7.91. The van der Waals surface area contributed by atoms with E-state index in [9.17, 15) is 13.2 Å². The minimum atomic E-state index is -3.54. The van der Waals surface area contributed by atoms with E-state index in [2.05, 4.69) is 29.6 Å². The lowest BCUT2D eigenvalue weighted by Gasteiger charge is -2.18. The van der Waals surface area contributed by atoms with Gasteiger partial charge < -0.3 is 10.2 Å². The highest BCUT2D eigenvalue weighted by Crippen LogP contribution is 2.39. The minimum Gasteiger partial charge on any atom is -0.334 e. The van der Waals surface area contributed by atoms with E-state index in [0.717, 1.165) is 17.0 Å². The Labute approximate surface area is 160 Å². The fraction of sp³-hybridized carbons (Fsp3) is 0.350. The van der Waals surface area contributed by atoms with Gasteiger partial charge in [-0.3, -0.25) is 0 Å². The zero-order valence-electron chi connectivity index (χ0n) is 15.4. The van der Waals surface area contributed by atoms with Crippen molar-refractivity contribution in [1.29, 1.82) is 0 Å². The largest absolute Gasteiger partial charge is 0.334 e. The molecule has 0 radical (unpaired) electrons. The second-order valence-corrected chi connectivity index (χ2v) is 8.77. The lowest BCUT2D eigenvalue weighted by Crippen LogP contribution is -2.36. The number of sulfonamides is 1. The molecule has 6 nitrogen and oxygen atoms in total. The van der Waals surface area contributed by atoms with E-state index < -0.39 is 10.0 Å². The molecule has 1 aliphatic carbocycles. The molecule has 2 amide bonds. The Hall–Kier alpha value is -2.38. The van der Waals surface area contributed by atoms with Gasteiger partial charge in [-0.25, -0.2) is 18.4 Å². The summed E-state index contributed by atoms with van der Waals surface area (Å²) in [5.74, 6) is 0.540. The van der Waals surface area contributed by atoms with Gasteiger partial charge in [-0.1, -0.05) is 48.5 Å². The average Bonchev–Trinajstić information content (AvgIpc) is 3.45. The number of carbonyl (C=O) groups excluding carboxylic acids is 1. The standard InChI is InChI=1S/C20H25N3O3S/c1-23(13-16-6-8-18(9-7-16)19-10-11-19)20(24)22-12-15-2-4-17(5-3-15)14-27(21,25)26/h2-9,19H,10-14H2,1H3,(H,22,24)(H2,21,25,26). The molecule has 1 saturated carbocycles. The van der Waals surface area contributed by atoms with Crippen LogP contribution in [0.15, 0.2) is 48.5 Å². The Morgan fingerprint density at radius 2 is 1.59 bits per heavy atom. The highest BCUT2D eigenvalue weighted by atomic mass is 32.2. The number of amides is 2. The highest BCUT2D eigenvalue weighted by molar-refractivity contribution is 7.88. The van der Waals surface area contributed by atoms with Crippen LogP contribution in [0.1, 0.15) is 41.0 Å². The van der Waals surface area contributed by atoms with Crippen LogP contribution in [0.5, 0.6) is 0 Å². The van der Waals surface area contributed by atoms with Gasteiger partial charge in [0.05, 0.1) is 5.75 Å². The number of hydrogen-bond acceptors (Lipinski definition) is 3. The predicted molar refractivity (Wildman–Crippen MR) is 105 cm³/mol. The summed E-state index contributed by atoms with van der Waals surface area (Å²) in [6.45, 7) is 0.920. The number of urea groups is 1. The van der Waals surface area contributed by atoms with E-state index in [1.807, 2.05) is 0 Å². The van der Waals surface area contributed by atoms with Crippen molar-refractivity contribution in [2.45, 2.75) is 37.6 Å². The topological polar surface area (TPSA) is 92.5 Å². The fourth-order valence-electron chi connectivity index (χ4n) is 2.96. The molecule has 2 aromatic carbocycles. The maximum atomic E-state index is 12.3. The molecule has 0 saturated heterocycles. The third-order valence-corrected chi connectivity index (χ3v) is 5.37. The Balaban J connectivity index is 1.47. The number of nitrogens with one attached hydrogen (secondary N) is 1. The molecule has 2 aromatic rings. The molecule has 0 aliphatic heterocycles. The van der Waals surface area contributed by atoms with Crippen LogP contribution < -0.4 is 10.5 Å². The Morgan fingerprint density at radius 1 is 1.04 bits per heavy atom. The predicted octanol–water partition coefficient (Wildman–Crippen LogP) is 2.69. The van der Waals surface area contributed by atoms with Crippen molar-refractivity contribution in [2.75, 3.05) is 7.05 Å². The van der Waals surface area contributed by atoms with Crippen molar-refractivity contribution in [3.63, 3.8) is 0 Å². The van der Waals surface area contributed by atoms with Crippen molar-refractivity contribution in [1.82, 2.24) is 10.2 Å². The molecule has 0 heterocycles. The number of primary sulfonamides is 1. The van der Waals surface area contributed by atoms with Gasteiger partial charge in [0.1, 0.15) is 0 Å². The summed E-state index contributed by atoms with van der Waals surface area (Å²) >= 11 is 0. The van der Waals surface area contributed by atoms with Crippen molar-refractivity contribution in [3.05, 3.63) is 70.8 Å². The van der Waals surface area contributed by atoms with E-state index >= 15 is 0 Å². The summed E-state index contributed by atoms with van der Waals surface area (Å²) in [6, 6.07) is 15.3. The number of hydrogen-bond donors (Lipinski definition) is 2. The van der Waals surface area contributed by atoms with Crippen LogP contribution in [0.2, 0.25) is 0 Å². The Bertz CT molecular complexity index is 889. The molecule has 3 N–H and O–H groups in total. The molecule has 27 heavy (non-hydrogen) atoms. The van der Waals surface area contributed by atoms with Gasteiger partial charge in [0.25, 0.3) is 0 Å². The maximum Gasteiger partial charge on any atom is 0.317 e. The quantitative estimate of drug-likeness (QED) is 0.765. The Morgan fingerprint density at radius 3 is 2.15 bits per heavy atom. The summed E-state index contributed by atoms with van der Waals surface area (Å²) in [7, 11) is -1.77. The molecule has 0 atom stereocenters. The molecular weight excluding hydrogens is 362 g/mol. The average molecular weight is 388 g/mol. The molecule has 0 unspecified atom stereocenters. The van der Waals surface area contributed by atoms with Gasteiger partial charge in [-0.2, -0.15) is 0 Å². The minimum absolute atomic E-state index is 0.158. The molecule has 7 heteroatoms. The summed E-state index contributed by atoms with van der Waals surface area (Å²) in [6.07, 6.45) is 2.56. The summed E-state index contributed by atoms with van der Waals surface area (Å²) in [4.78, 5) is 13.9. The van der Waals surface area contributed by atoms with Crippen LogP contribution in [-0.2, 0) is 28.9 Å². The third-order valence-electron chi connectivity index (χ3n) is 4.63. The molecule has 1 aliphatic rings. The zero-order valence-corrected chi connectivity index (χ0v) is 16.2. The maximum absolute atomic E-state index is 12.3. The summed E-state index contributed by atoms with van der Waals surface area (Å²) < 4.78 is 22.2. The number of nitrogens with two attached hydrogens (primary N) is 1. The van der Waals surface area contributed by atoms with E-state index in [1.165, 1.54) is 18.4 Å². The van der Waals surface area contributed by atoms with E-state index in [0.29, 0.717) is 18.7 Å². The van der Waals surface area contributed by atoms with Crippen LogP contribution in [0.4, 0.5) is 4.79 Å². The van der Waals surface area contributed by atoms with Gasteiger partial charge in [0.2, 0.25) is 10.0 Å². The monoisotopic (exact) mass is 387 g/mol. The molecule has 144 valence electrons. The van der Waals surface area contributed by atoms with E-state index in [-0.39, 0.29) is 11.8 Å². The van der Waals surface area contributed by atoms with Crippen LogP contribution in [-0.4, -0.2) is 26.4 Å². The van der Waals surface area contributed by atoms with Crippen molar-refractivity contribution < 1.29 is 13.2 Å².